The van der Waals surface area contributed by atoms with Gasteiger partial charge in [0.1, 0.15) is 17.1 Å². The van der Waals surface area contributed by atoms with Crippen molar-refractivity contribution in [1.82, 2.24) is 15.1 Å². The van der Waals surface area contributed by atoms with Crippen molar-refractivity contribution in [1.29, 1.82) is 0 Å². The van der Waals surface area contributed by atoms with Crippen molar-refractivity contribution in [3.8, 4) is 11.5 Å². The van der Waals surface area contributed by atoms with E-state index in [0.29, 0.717) is 23.6 Å². The zero-order chi connectivity index (χ0) is 21.2. The number of halogens is 4. The van der Waals surface area contributed by atoms with Gasteiger partial charge in [0, 0.05) is 19.0 Å². The van der Waals surface area contributed by atoms with E-state index in [-0.39, 0.29) is 29.6 Å². The maximum absolute atomic E-state index is 13.1. The van der Waals surface area contributed by atoms with Crippen LogP contribution in [0.15, 0.2) is 18.2 Å². The third-order valence-electron chi connectivity index (χ3n) is 4.65. The number of aryl methyl sites for hydroxylation is 1. The highest BCUT2D eigenvalue weighted by molar-refractivity contribution is 6.32. The molecule has 0 atom stereocenters. The van der Waals surface area contributed by atoms with Crippen LogP contribution in [0.25, 0.3) is 0 Å². The van der Waals surface area contributed by atoms with Crippen LogP contribution in [0, 0.1) is 0 Å². The highest BCUT2D eigenvalue weighted by atomic mass is 35.5. The quantitative estimate of drug-likeness (QED) is 0.634. The van der Waals surface area contributed by atoms with E-state index in [1.54, 1.807) is 18.2 Å². The summed E-state index contributed by atoms with van der Waals surface area (Å²) in [5, 5.41) is 6.10. The zero-order valence-corrected chi connectivity index (χ0v) is 16.7. The van der Waals surface area contributed by atoms with Gasteiger partial charge in [0.2, 0.25) is 0 Å². The molecule has 29 heavy (non-hydrogen) atoms. The molecule has 0 saturated heterocycles. The van der Waals surface area contributed by atoms with Gasteiger partial charge in [-0.2, -0.15) is 18.3 Å². The first-order valence-electron chi connectivity index (χ1n) is 9.10. The summed E-state index contributed by atoms with van der Waals surface area (Å²) in [7, 11) is 2.90. The summed E-state index contributed by atoms with van der Waals surface area (Å²) in [6.45, 7) is 0.452. The fraction of sp³-hybridized carbons (Fsp3) is 0.474. The molecule has 6 nitrogen and oxygen atoms in total. The zero-order valence-electron chi connectivity index (χ0n) is 16.0. The van der Waals surface area contributed by atoms with Crippen molar-refractivity contribution in [2.75, 3.05) is 20.8 Å². The summed E-state index contributed by atoms with van der Waals surface area (Å²) in [4.78, 5) is 12.5. The fourth-order valence-corrected chi connectivity index (χ4v) is 3.54. The van der Waals surface area contributed by atoms with Crippen molar-refractivity contribution in [3.05, 3.63) is 40.2 Å². The highest BCUT2D eigenvalue weighted by Crippen LogP contribution is 2.46. The summed E-state index contributed by atoms with van der Waals surface area (Å²) in [5.41, 5.74) is -0.363. The first-order valence-corrected chi connectivity index (χ1v) is 9.48. The van der Waals surface area contributed by atoms with E-state index < -0.39 is 17.8 Å². The Hall–Kier alpha value is -2.42. The maximum Gasteiger partial charge on any atom is 0.436 e. The number of carbonyl (C=O) groups is 1. The van der Waals surface area contributed by atoms with Crippen LogP contribution in [0.5, 0.6) is 11.5 Å². The molecular formula is C19H21ClF3N3O3. The minimum atomic E-state index is -4.60. The number of methoxy groups -OCH3 is 2. The Morgan fingerprint density at radius 2 is 1.90 bits per heavy atom. The Kier molecular flexibility index (Phi) is 6.26. The first kappa shape index (κ1) is 21.3. The lowest BCUT2D eigenvalue weighted by Gasteiger charge is -2.13. The summed E-state index contributed by atoms with van der Waals surface area (Å²) in [5.74, 6) is 0.354. The average Bonchev–Trinajstić information content (AvgIpc) is 3.46. The smallest absolute Gasteiger partial charge is 0.436 e. The Labute approximate surface area is 170 Å². The van der Waals surface area contributed by atoms with Crippen LogP contribution < -0.4 is 14.8 Å². The average molecular weight is 432 g/mol. The van der Waals surface area contributed by atoms with Gasteiger partial charge in [-0.15, -0.1) is 0 Å². The Bertz CT molecular complexity index is 873. The SMILES string of the molecule is COc1cccc(OC)c1C(=O)NCCCn1nc(C(F)(F)F)c(Cl)c1C1CC1. The van der Waals surface area contributed by atoms with E-state index in [9.17, 15) is 18.0 Å². The number of ether oxygens (including phenoxy) is 2. The lowest BCUT2D eigenvalue weighted by Crippen LogP contribution is -2.26. The molecule has 158 valence electrons. The second-order valence-corrected chi connectivity index (χ2v) is 7.07. The normalized spacial score (nSPS) is 14.0. The number of rotatable bonds is 8. The molecule has 1 aromatic carbocycles. The van der Waals surface area contributed by atoms with Crippen LogP contribution in [0.4, 0.5) is 13.2 Å². The van der Waals surface area contributed by atoms with Crippen LogP contribution in [0.3, 0.4) is 0 Å². The number of nitrogens with one attached hydrogen (secondary N) is 1. The summed E-state index contributed by atoms with van der Waals surface area (Å²) in [6.07, 6.45) is -2.61. The van der Waals surface area contributed by atoms with Crippen LogP contribution in [-0.4, -0.2) is 36.5 Å². The van der Waals surface area contributed by atoms with Crippen LogP contribution in [0.1, 0.15) is 46.9 Å². The van der Waals surface area contributed by atoms with Gasteiger partial charge >= 0.3 is 6.18 Å². The molecule has 0 spiro atoms. The molecule has 1 aliphatic carbocycles. The molecule has 0 bridgehead atoms. The van der Waals surface area contributed by atoms with Gasteiger partial charge in [0.25, 0.3) is 5.91 Å². The second kappa shape index (κ2) is 8.52. The molecular weight excluding hydrogens is 411 g/mol. The number of nitrogens with zero attached hydrogens (tertiary/aromatic N) is 2. The third kappa shape index (κ3) is 4.60. The number of alkyl halides is 3. The van der Waals surface area contributed by atoms with Gasteiger partial charge < -0.3 is 14.8 Å². The highest BCUT2D eigenvalue weighted by Gasteiger charge is 2.41. The molecule has 1 saturated carbocycles. The lowest BCUT2D eigenvalue weighted by molar-refractivity contribution is -0.141. The van der Waals surface area contributed by atoms with E-state index in [1.807, 2.05) is 0 Å². The predicted molar refractivity (Wildman–Crippen MR) is 101 cm³/mol. The third-order valence-corrected chi connectivity index (χ3v) is 5.02. The van der Waals surface area contributed by atoms with E-state index in [0.717, 1.165) is 12.8 Å². The molecule has 0 radical (unpaired) electrons. The number of aromatic nitrogens is 2. The largest absolute Gasteiger partial charge is 0.496 e. The fourth-order valence-electron chi connectivity index (χ4n) is 3.15. The standard InChI is InChI=1S/C19H21ClF3N3O3/c1-28-12-5-3-6-13(29-2)14(12)18(27)24-9-4-10-26-16(11-7-8-11)15(20)17(25-26)19(21,22)23/h3,5-6,11H,4,7-10H2,1-2H3,(H,24,27). The first-order chi connectivity index (χ1) is 13.8. The number of hydrogen-bond acceptors (Lipinski definition) is 4. The molecule has 3 rings (SSSR count). The van der Waals surface area contributed by atoms with E-state index in [2.05, 4.69) is 10.4 Å². The van der Waals surface area contributed by atoms with Crippen molar-refractivity contribution in [2.24, 2.45) is 0 Å². The van der Waals surface area contributed by atoms with Crippen molar-refractivity contribution in [2.45, 2.75) is 37.9 Å². The predicted octanol–water partition coefficient (Wildman–Crippen LogP) is 4.27. The van der Waals surface area contributed by atoms with Crippen LogP contribution in [0.2, 0.25) is 5.02 Å². The number of benzene rings is 1. The number of amides is 1. The lowest BCUT2D eigenvalue weighted by atomic mass is 10.1. The molecule has 1 amide bonds. The van der Waals surface area contributed by atoms with Gasteiger partial charge in [0.05, 0.1) is 24.9 Å². The molecule has 1 aromatic heterocycles. The topological polar surface area (TPSA) is 65.4 Å². The van der Waals surface area contributed by atoms with Crippen LogP contribution >= 0.6 is 11.6 Å². The summed E-state index contributed by atoms with van der Waals surface area (Å²) in [6, 6.07) is 4.99. The van der Waals surface area contributed by atoms with Gasteiger partial charge in [-0.05, 0) is 31.4 Å². The molecule has 1 fully saturated rings. The Morgan fingerprint density at radius 3 is 2.41 bits per heavy atom. The van der Waals surface area contributed by atoms with Crippen molar-refractivity contribution < 1.29 is 27.4 Å². The second-order valence-electron chi connectivity index (χ2n) is 6.69. The Morgan fingerprint density at radius 1 is 1.28 bits per heavy atom. The maximum atomic E-state index is 13.1. The summed E-state index contributed by atoms with van der Waals surface area (Å²) < 4.78 is 51.1. The Balaban J connectivity index is 1.65. The summed E-state index contributed by atoms with van der Waals surface area (Å²) >= 11 is 5.96. The minimum absolute atomic E-state index is 0.0125. The minimum Gasteiger partial charge on any atom is -0.496 e. The molecule has 1 aliphatic rings. The van der Waals surface area contributed by atoms with E-state index >= 15 is 0 Å². The monoisotopic (exact) mass is 431 g/mol. The molecule has 0 unspecified atom stereocenters. The van der Waals surface area contributed by atoms with E-state index in [1.165, 1.54) is 18.9 Å². The van der Waals surface area contributed by atoms with Gasteiger partial charge in [0.15, 0.2) is 5.69 Å². The molecule has 2 aromatic rings. The molecule has 0 aliphatic heterocycles. The molecule has 1 heterocycles. The van der Waals surface area contributed by atoms with Crippen molar-refractivity contribution >= 4 is 17.5 Å². The van der Waals surface area contributed by atoms with Gasteiger partial charge in [-0.25, -0.2) is 0 Å². The van der Waals surface area contributed by atoms with E-state index in [4.69, 9.17) is 21.1 Å². The number of hydrogen-bond donors (Lipinski definition) is 1. The van der Waals surface area contributed by atoms with Crippen molar-refractivity contribution in [3.63, 3.8) is 0 Å². The van der Waals surface area contributed by atoms with Gasteiger partial charge in [-0.3, -0.25) is 9.48 Å². The molecule has 10 heteroatoms. The number of carbonyl (C=O) groups excluding carboxylic acids is 1. The van der Waals surface area contributed by atoms with Gasteiger partial charge in [-0.1, -0.05) is 17.7 Å². The molecule has 1 N–H and O–H groups in total. The van der Waals surface area contributed by atoms with Crippen LogP contribution in [-0.2, 0) is 12.7 Å².